The molecule has 2 aromatic rings. The second-order valence-corrected chi connectivity index (χ2v) is 15.4. The van der Waals surface area contributed by atoms with Crippen LogP contribution in [0, 0.1) is 5.92 Å². The van der Waals surface area contributed by atoms with Crippen LogP contribution < -0.4 is 21.3 Å². The fourth-order valence-corrected chi connectivity index (χ4v) is 8.24. The molecule has 7 atom stereocenters. The van der Waals surface area contributed by atoms with Gasteiger partial charge in [-0.05, 0) is 81.0 Å². The molecule has 300 valence electrons. The zero-order valence-electron chi connectivity index (χ0n) is 32.3. The lowest BCUT2D eigenvalue weighted by Gasteiger charge is -2.39. The van der Waals surface area contributed by atoms with Crippen LogP contribution in [0.2, 0.25) is 0 Å². The Morgan fingerprint density at radius 2 is 1.54 bits per heavy atom. The summed E-state index contributed by atoms with van der Waals surface area (Å²) in [6, 6.07) is 9.53. The molecule has 0 saturated carbocycles. The molecule has 2 aromatic carbocycles. The molecular weight excluding hydrogens is 718 g/mol. The second kappa shape index (κ2) is 18.0. The first-order valence-corrected chi connectivity index (χ1v) is 19.8. The average molecular weight is 772 g/mol. The summed E-state index contributed by atoms with van der Waals surface area (Å²) in [5.74, 6) is -3.43. The molecule has 4 fully saturated rings. The van der Waals surface area contributed by atoms with Crippen LogP contribution in [-0.2, 0) is 46.3 Å². The number of hydrogen-bond donors (Lipinski definition) is 4. The Hall–Kier alpha value is -5.47. The minimum absolute atomic E-state index is 0.0455. The number of nitrogens with one attached hydrogen (secondary N) is 4. The molecular formula is C41H53N7O8. The highest BCUT2D eigenvalue weighted by atomic mass is 16.5. The van der Waals surface area contributed by atoms with Crippen molar-refractivity contribution < 1.29 is 38.3 Å². The molecule has 0 bridgehead atoms. The van der Waals surface area contributed by atoms with Crippen molar-refractivity contribution in [2.75, 3.05) is 31.6 Å². The minimum Gasteiger partial charge on any atom is -0.461 e. The van der Waals surface area contributed by atoms with Crippen LogP contribution in [0.5, 0.6) is 0 Å². The molecule has 4 saturated heterocycles. The van der Waals surface area contributed by atoms with Gasteiger partial charge in [0.25, 0.3) is 0 Å². The Bertz CT molecular complexity index is 1810. The number of ether oxygens (including phenoxy) is 1. The number of amides is 7. The highest BCUT2D eigenvalue weighted by molar-refractivity contribution is 5.98. The van der Waals surface area contributed by atoms with Gasteiger partial charge in [0.05, 0.1) is 0 Å². The number of cyclic esters (lactones) is 1. The Balaban J connectivity index is 1.29. The molecule has 4 heterocycles. The van der Waals surface area contributed by atoms with Crippen molar-refractivity contribution in [3.8, 4) is 0 Å². The first kappa shape index (κ1) is 40.2. The van der Waals surface area contributed by atoms with Crippen LogP contribution in [0.25, 0.3) is 0 Å². The van der Waals surface area contributed by atoms with E-state index < -0.39 is 78.5 Å². The Morgan fingerprint density at radius 3 is 2.30 bits per heavy atom. The van der Waals surface area contributed by atoms with E-state index in [4.69, 9.17) is 4.74 Å². The maximum atomic E-state index is 14.5. The fourth-order valence-electron chi connectivity index (χ4n) is 8.24. The number of nitrogens with zero attached hydrogens (tertiary/aromatic N) is 3. The van der Waals surface area contributed by atoms with Crippen LogP contribution in [0.4, 0.5) is 10.5 Å². The molecule has 15 nitrogen and oxygen atoms in total. The van der Waals surface area contributed by atoms with Crippen LogP contribution in [-0.4, -0.2) is 119 Å². The highest BCUT2D eigenvalue weighted by Crippen LogP contribution is 2.28. The number of hydrogen-bond acceptors (Lipinski definition) is 8. The van der Waals surface area contributed by atoms with Gasteiger partial charge in [0.2, 0.25) is 29.5 Å². The zero-order chi connectivity index (χ0) is 39.9. The summed E-state index contributed by atoms with van der Waals surface area (Å²) in [5.41, 5.74) is 2.30. The van der Waals surface area contributed by atoms with Gasteiger partial charge in [0.1, 0.15) is 42.9 Å². The molecule has 15 heteroatoms. The van der Waals surface area contributed by atoms with Crippen molar-refractivity contribution in [1.29, 1.82) is 0 Å². The van der Waals surface area contributed by atoms with Gasteiger partial charge in [0.15, 0.2) is 0 Å². The van der Waals surface area contributed by atoms with Gasteiger partial charge < -0.3 is 40.7 Å². The second-order valence-electron chi connectivity index (χ2n) is 15.4. The molecule has 0 radical (unpaired) electrons. The fraction of sp³-hybridized carbons (Fsp3) is 0.537. The Kier molecular flexibility index (Phi) is 12.9. The molecule has 4 N–H and O–H groups in total. The van der Waals surface area contributed by atoms with Gasteiger partial charge in [-0.25, -0.2) is 9.59 Å². The van der Waals surface area contributed by atoms with E-state index in [1.54, 1.807) is 13.0 Å². The number of piperidine rings is 1. The van der Waals surface area contributed by atoms with Gasteiger partial charge in [-0.2, -0.15) is 0 Å². The monoisotopic (exact) mass is 771 g/mol. The summed E-state index contributed by atoms with van der Waals surface area (Å²) < 4.78 is 5.76. The number of fused-ring (bicyclic) bond motifs is 3. The predicted octanol–water partition coefficient (Wildman–Crippen LogP) is 2.14. The smallest absolute Gasteiger partial charge is 0.328 e. The summed E-state index contributed by atoms with van der Waals surface area (Å²) in [6.07, 6.45) is 3.80. The first-order valence-electron chi connectivity index (χ1n) is 19.8. The molecule has 6 rings (SSSR count). The zero-order valence-corrected chi connectivity index (χ0v) is 32.3. The predicted molar refractivity (Wildman–Crippen MR) is 206 cm³/mol. The molecule has 56 heavy (non-hydrogen) atoms. The van der Waals surface area contributed by atoms with Gasteiger partial charge in [-0.1, -0.05) is 56.3 Å². The van der Waals surface area contributed by atoms with E-state index in [0.717, 1.165) is 17.5 Å². The summed E-state index contributed by atoms with van der Waals surface area (Å²) in [5, 5.41) is 11.1. The van der Waals surface area contributed by atoms with Crippen molar-refractivity contribution in [1.82, 2.24) is 30.7 Å². The molecule has 0 aliphatic carbocycles. The molecule has 7 unspecified atom stereocenters. The third kappa shape index (κ3) is 9.31. The summed E-state index contributed by atoms with van der Waals surface area (Å²) in [6.45, 7) is 5.69. The third-order valence-corrected chi connectivity index (χ3v) is 11.2. The summed E-state index contributed by atoms with van der Waals surface area (Å²) >= 11 is 0. The van der Waals surface area contributed by atoms with Crippen molar-refractivity contribution in [3.05, 3.63) is 65.7 Å². The number of carbonyl (C=O) groups excluding carboxylic acids is 7. The highest BCUT2D eigenvalue weighted by Gasteiger charge is 2.46. The van der Waals surface area contributed by atoms with Crippen LogP contribution in [0.3, 0.4) is 0 Å². The van der Waals surface area contributed by atoms with Crippen molar-refractivity contribution in [3.63, 3.8) is 0 Å². The number of urea groups is 1. The Labute approximate surface area is 327 Å². The molecule has 4 aliphatic heterocycles. The van der Waals surface area contributed by atoms with E-state index in [2.05, 4.69) is 21.3 Å². The van der Waals surface area contributed by atoms with E-state index >= 15 is 0 Å². The quantitative estimate of drug-likeness (QED) is 0.309. The standard InChI is InChI=1S/C41H53N7O8/c1-4-27-14-10-15-29(21-27)43-41(55)45-30(22-28-12-6-5-7-13-28)35(49)44-31-24-56-40(54)34-20-25(2)23-48(34)37(51)26(3)42-36(50)32-16-8-9-18-46(32)39(53)33-17-11-19-47(33)38(31)52/h5-7,10,12-15,21,25-26,30-34H,4,8-9,11,16-20,22-24H2,1-3H3,(H,42,50)(H,44,49)(H2,43,45,55). The average Bonchev–Trinajstić information content (AvgIpc) is 3.85. The maximum absolute atomic E-state index is 14.5. The largest absolute Gasteiger partial charge is 0.461 e. The van der Waals surface area contributed by atoms with Crippen LogP contribution >= 0.6 is 0 Å². The normalized spacial score (nSPS) is 26.7. The SMILES string of the molecule is CCc1cccc(NC(=O)NC(Cc2ccccc2)C(=O)NC2COC(=O)C3CC(C)CN3C(=O)C(C)NC(=O)C3CCCCN3C(=O)C3CCCN3C2=O)c1. The number of aryl methyl sites for hydroxylation is 1. The number of esters is 1. The van der Waals surface area contributed by atoms with E-state index in [1.165, 1.54) is 14.7 Å². The lowest BCUT2D eigenvalue weighted by atomic mass is 9.99. The van der Waals surface area contributed by atoms with Gasteiger partial charge in [0, 0.05) is 31.7 Å². The third-order valence-electron chi connectivity index (χ3n) is 11.2. The number of rotatable bonds is 7. The summed E-state index contributed by atoms with van der Waals surface area (Å²) in [4.78, 5) is 102. The summed E-state index contributed by atoms with van der Waals surface area (Å²) in [7, 11) is 0. The van der Waals surface area contributed by atoms with Crippen molar-refractivity contribution in [2.24, 2.45) is 5.92 Å². The maximum Gasteiger partial charge on any atom is 0.328 e. The van der Waals surface area contributed by atoms with E-state index in [1.807, 2.05) is 62.4 Å². The number of benzene rings is 2. The van der Waals surface area contributed by atoms with E-state index in [0.29, 0.717) is 50.8 Å². The minimum atomic E-state index is -1.43. The lowest BCUT2D eigenvalue weighted by molar-refractivity contribution is -0.158. The molecule has 7 amide bonds. The van der Waals surface area contributed by atoms with E-state index in [9.17, 15) is 33.6 Å². The number of anilines is 1. The first-order chi connectivity index (χ1) is 26.9. The van der Waals surface area contributed by atoms with E-state index in [-0.39, 0.29) is 31.3 Å². The van der Waals surface area contributed by atoms with Gasteiger partial charge in [-0.3, -0.25) is 24.0 Å². The van der Waals surface area contributed by atoms with Crippen molar-refractivity contribution >= 4 is 47.2 Å². The number of carbonyl (C=O) groups is 7. The molecule has 0 spiro atoms. The molecule has 4 aliphatic rings. The van der Waals surface area contributed by atoms with Gasteiger partial charge in [-0.15, -0.1) is 0 Å². The van der Waals surface area contributed by atoms with Crippen molar-refractivity contribution in [2.45, 2.75) is 108 Å². The lowest BCUT2D eigenvalue weighted by Crippen LogP contribution is -2.62. The van der Waals surface area contributed by atoms with Crippen LogP contribution in [0.15, 0.2) is 54.6 Å². The Morgan fingerprint density at radius 1 is 0.821 bits per heavy atom. The topological polar surface area (TPSA) is 187 Å². The molecule has 0 aromatic heterocycles. The van der Waals surface area contributed by atoms with Gasteiger partial charge >= 0.3 is 12.0 Å². The van der Waals surface area contributed by atoms with Crippen LogP contribution in [0.1, 0.15) is 70.4 Å².